The van der Waals surface area contributed by atoms with Gasteiger partial charge in [-0.05, 0) is 31.5 Å². The van der Waals surface area contributed by atoms with E-state index in [1.165, 1.54) is 12.1 Å². The lowest BCUT2D eigenvalue weighted by Crippen LogP contribution is -2.31. The third-order valence-electron chi connectivity index (χ3n) is 2.95. The van der Waals surface area contributed by atoms with Gasteiger partial charge in [0.15, 0.2) is 5.88 Å². The standard InChI is InChI=1S/C15H16N2O3/c1-3-17(12-6-4-5-10(2)7-12)15(20)11-8-13(18)16-14(19)9-11/h4-9H,3H2,1-2H3,(H2,16,18,19). The Morgan fingerprint density at radius 1 is 1.30 bits per heavy atom. The van der Waals surface area contributed by atoms with Gasteiger partial charge in [0.05, 0.1) is 5.56 Å². The van der Waals surface area contributed by atoms with Crippen molar-refractivity contribution in [1.29, 1.82) is 0 Å². The number of carbonyl (C=O) groups excluding carboxylic acids is 1. The molecule has 0 aliphatic rings. The van der Waals surface area contributed by atoms with Gasteiger partial charge >= 0.3 is 0 Å². The van der Waals surface area contributed by atoms with E-state index in [1.807, 2.05) is 38.1 Å². The van der Waals surface area contributed by atoms with Crippen LogP contribution >= 0.6 is 0 Å². The second-order valence-corrected chi connectivity index (χ2v) is 4.51. The van der Waals surface area contributed by atoms with Crippen LogP contribution in [0, 0.1) is 6.92 Å². The molecule has 1 amide bonds. The molecule has 5 nitrogen and oxygen atoms in total. The molecule has 1 heterocycles. The van der Waals surface area contributed by atoms with Crippen LogP contribution in [0.2, 0.25) is 0 Å². The molecule has 0 unspecified atom stereocenters. The molecule has 0 saturated carbocycles. The maximum atomic E-state index is 12.5. The van der Waals surface area contributed by atoms with Crippen LogP contribution < -0.4 is 10.5 Å². The van der Waals surface area contributed by atoms with E-state index < -0.39 is 5.56 Å². The van der Waals surface area contributed by atoms with Crippen molar-refractivity contribution in [2.75, 3.05) is 11.4 Å². The van der Waals surface area contributed by atoms with E-state index in [0.717, 1.165) is 11.3 Å². The van der Waals surface area contributed by atoms with Crippen LogP contribution in [0.3, 0.4) is 0 Å². The first kappa shape index (κ1) is 13.9. The van der Waals surface area contributed by atoms with E-state index in [2.05, 4.69) is 4.98 Å². The minimum Gasteiger partial charge on any atom is -0.494 e. The highest BCUT2D eigenvalue weighted by atomic mass is 16.3. The number of aromatic hydroxyl groups is 1. The SMILES string of the molecule is CCN(C(=O)c1cc(O)[nH]c(=O)c1)c1cccc(C)c1. The molecule has 2 N–H and O–H groups in total. The van der Waals surface area contributed by atoms with Crippen LogP contribution in [0.25, 0.3) is 0 Å². The number of aromatic nitrogens is 1. The Kier molecular flexibility index (Phi) is 3.89. The first-order valence-electron chi connectivity index (χ1n) is 6.33. The number of aromatic amines is 1. The summed E-state index contributed by atoms with van der Waals surface area (Å²) in [6.45, 7) is 4.27. The van der Waals surface area contributed by atoms with Gasteiger partial charge in [-0.2, -0.15) is 0 Å². The number of H-pyrrole nitrogens is 1. The molecule has 0 saturated heterocycles. The maximum absolute atomic E-state index is 12.5. The Morgan fingerprint density at radius 3 is 2.65 bits per heavy atom. The summed E-state index contributed by atoms with van der Waals surface area (Å²) in [6.07, 6.45) is 0. The summed E-state index contributed by atoms with van der Waals surface area (Å²) in [7, 11) is 0. The molecule has 1 aromatic carbocycles. The fourth-order valence-electron chi connectivity index (χ4n) is 2.05. The van der Waals surface area contributed by atoms with E-state index in [1.54, 1.807) is 4.90 Å². The molecule has 0 atom stereocenters. The van der Waals surface area contributed by atoms with E-state index in [4.69, 9.17) is 0 Å². The van der Waals surface area contributed by atoms with E-state index in [-0.39, 0.29) is 17.4 Å². The quantitative estimate of drug-likeness (QED) is 0.898. The van der Waals surface area contributed by atoms with E-state index in [0.29, 0.717) is 6.54 Å². The summed E-state index contributed by atoms with van der Waals surface area (Å²) >= 11 is 0. The predicted molar refractivity (Wildman–Crippen MR) is 77.3 cm³/mol. The molecule has 0 radical (unpaired) electrons. The van der Waals surface area contributed by atoms with Crippen LogP contribution in [0.15, 0.2) is 41.2 Å². The molecule has 0 aliphatic heterocycles. The molecule has 0 aliphatic carbocycles. The molecule has 0 fully saturated rings. The number of pyridine rings is 1. The van der Waals surface area contributed by atoms with Crippen molar-refractivity contribution in [2.24, 2.45) is 0 Å². The zero-order valence-corrected chi connectivity index (χ0v) is 11.4. The average Bonchev–Trinajstić information content (AvgIpc) is 2.38. The number of benzene rings is 1. The lowest BCUT2D eigenvalue weighted by Gasteiger charge is -2.21. The molecular weight excluding hydrogens is 256 g/mol. The zero-order chi connectivity index (χ0) is 14.7. The third-order valence-corrected chi connectivity index (χ3v) is 2.95. The second kappa shape index (κ2) is 5.61. The van der Waals surface area contributed by atoms with Gasteiger partial charge < -0.3 is 10.0 Å². The number of anilines is 1. The van der Waals surface area contributed by atoms with Crippen LogP contribution in [-0.2, 0) is 0 Å². The third kappa shape index (κ3) is 2.88. The monoisotopic (exact) mass is 272 g/mol. The van der Waals surface area contributed by atoms with Gasteiger partial charge in [-0.3, -0.25) is 14.6 Å². The molecule has 5 heteroatoms. The van der Waals surface area contributed by atoms with Crippen molar-refractivity contribution in [3.05, 3.63) is 57.9 Å². The molecule has 0 bridgehead atoms. The van der Waals surface area contributed by atoms with E-state index >= 15 is 0 Å². The van der Waals surface area contributed by atoms with Crippen LogP contribution in [0.1, 0.15) is 22.8 Å². The zero-order valence-electron chi connectivity index (χ0n) is 11.4. The molecule has 20 heavy (non-hydrogen) atoms. The number of carbonyl (C=O) groups is 1. The summed E-state index contributed by atoms with van der Waals surface area (Å²) in [6, 6.07) is 9.98. The molecular formula is C15H16N2O3. The lowest BCUT2D eigenvalue weighted by atomic mass is 10.1. The summed E-state index contributed by atoms with van der Waals surface area (Å²) in [5.41, 5.74) is 1.46. The summed E-state index contributed by atoms with van der Waals surface area (Å²) < 4.78 is 0. The van der Waals surface area contributed by atoms with Gasteiger partial charge in [0.2, 0.25) is 0 Å². The highest BCUT2D eigenvalue weighted by molar-refractivity contribution is 6.06. The Hall–Kier alpha value is -2.56. The fraction of sp³-hybridized carbons (Fsp3) is 0.200. The van der Waals surface area contributed by atoms with Crippen LogP contribution in [0.4, 0.5) is 5.69 Å². The molecule has 104 valence electrons. The van der Waals surface area contributed by atoms with Gasteiger partial charge in [-0.25, -0.2) is 0 Å². The second-order valence-electron chi connectivity index (χ2n) is 4.51. The van der Waals surface area contributed by atoms with Crippen molar-refractivity contribution in [3.63, 3.8) is 0 Å². The van der Waals surface area contributed by atoms with Gasteiger partial charge in [0.1, 0.15) is 0 Å². The van der Waals surface area contributed by atoms with Crippen molar-refractivity contribution in [1.82, 2.24) is 4.98 Å². The number of amides is 1. The van der Waals surface area contributed by atoms with Crippen molar-refractivity contribution < 1.29 is 9.90 Å². The Bertz CT molecular complexity index is 692. The Morgan fingerprint density at radius 2 is 2.05 bits per heavy atom. The Balaban J connectivity index is 2.41. The predicted octanol–water partition coefficient (Wildman–Crippen LogP) is 2.06. The minimum absolute atomic E-state index is 0.162. The largest absolute Gasteiger partial charge is 0.494 e. The minimum atomic E-state index is -0.506. The summed E-state index contributed by atoms with van der Waals surface area (Å²) in [5, 5.41) is 9.39. The number of nitrogens with zero attached hydrogens (tertiary/aromatic N) is 1. The topological polar surface area (TPSA) is 73.4 Å². The number of rotatable bonds is 3. The normalized spacial score (nSPS) is 10.3. The van der Waals surface area contributed by atoms with Crippen molar-refractivity contribution >= 4 is 11.6 Å². The number of aryl methyl sites for hydroxylation is 1. The molecule has 2 rings (SSSR count). The maximum Gasteiger partial charge on any atom is 0.258 e. The smallest absolute Gasteiger partial charge is 0.258 e. The fourth-order valence-corrected chi connectivity index (χ4v) is 2.05. The summed E-state index contributed by atoms with van der Waals surface area (Å²) in [4.78, 5) is 27.5. The molecule has 0 spiro atoms. The lowest BCUT2D eigenvalue weighted by molar-refractivity contribution is 0.0987. The Labute approximate surface area is 116 Å². The number of hydrogen-bond donors (Lipinski definition) is 2. The number of nitrogens with one attached hydrogen (secondary N) is 1. The van der Waals surface area contributed by atoms with Gasteiger partial charge in [-0.15, -0.1) is 0 Å². The highest BCUT2D eigenvalue weighted by Gasteiger charge is 2.17. The number of hydrogen-bond acceptors (Lipinski definition) is 3. The summed E-state index contributed by atoms with van der Waals surface area (Å²) in [5.74, 6) is -0.638. The van der Waals surface area contributed by atoms with Crippen molar-refractivity contribution in [2.45, 2.75) is 13.8 Å². The molecule has 1 aromatic heterocycles. The highest BCUT2D eigenvalue weighted by Crippen LogP contribution is 2.18. The van der Waals surface area contributed by atoms with Crippen LogP contribution in [0.5, 0.6) is 5.88 Å². The average molecular weight is 272 g/mol. The first-order valence-corrected chi connectivity index (χ1v) is 6.33. The van der Waals surface area contributed by atoms with Crippen LogP contribution in [-0.4, -0.2) is 22.5 Å². The van der Waals surface area contributed by atoms with Gasteiger partial charge in [0, 0.05) is 24.4 Å². The van der Waals surface area contributed by atoms with Gasteiger partial charge in [-0.1, -0.05) is 12.1 Å². The van der Waals surface area contributed by atoms with Crippen molar-refractivity contribution in [3.8, 4) is 5.88 Å². The van der Waals surface area contributed by atoms with E-state index in [9.17, 15) is 14.7 Å². The first-order chi connectivity index (χ1) is 9.51. The molecule has 2 aromatic rings. The van der Waals surface area contributed by atoms with Gasteiger partial charge in [0.25, 0.3) is 11.5 Å².